The molecule has 1 aromatic heterocycles. The molecule has 11 heteroatoms. The minimum atomic E-state index is -2.95. The van der Waals surface area contributed by atoms with Crippen molar-refractivity contribution in [1.82, 2.24) is 15.6 Å². The number of rotatable bonds is 9. The van der Waals surface area contributed by atoms with E-state index in [0.717, 1.165) is 0 Å². The summed E-state index contributed by atoms with van der Waals surface area (Å²) in [5.41, 5.74) is 0.994. The summed E-state index contributed by atoms with van der Waals surface area (Å²) in [7, 11) is 1.47. The van der Waals surface area contributed by atoms with E-state index in [-0.39, 0.29) is 48.7 Å². The first-order valence-corrected chi connectivity index (χ1v) is 8.85. The van der Waals surface area contributed by atoms with Crippen molar-refractivity contribution in [3.63, 3.8) is 0 Å². The number of nitrogens with zero attached hydrogens (tertiary/aromatic N) is 2. The fraction of sp³-hybridized carbons (Fsp3) is 0.316. The third-order valence-corrected chi connectivity index (χ3v) is 3.60. The van der Waals surface area contributed by atoms with Crippen molar-refractivity contribution in [2.45, 2.75) is 20.1 Å². The van der Waals surface area contributed by atoms with Crippen molar-refractivity contribution < 1.29 is 23.0 Å². The van der Waals surface area contributed by atoms with Gasteiger partial charge in [-0.2, -0.15) is 8.78 Å². The number of ether oxygens (including phenoxy) is 2. The number of aliphatic imine (C=N–C) groups is 1. The SMILES string of the molecule is CCNC(=NCc1cc(OC)ccc1OC(F)F)NCC(=O)Nc1cccnc1.I. The third-order valence-electron chi connectivity index (χ3n) is 3.60. The Labute approximate surface area is 190 Å². The average molecular weight is 535 g/mol. The van der Waals surface area contributed by atoms with Gasteiger partial charge in [-0.05, 0) is 37.3 Å². The highest BCUT2D eigenvalue weighted by molar-refractivity contribution is 14.0. The van der Waals surface area contributed by atoms with E-state index in [9.17, 15) is 13.6 Å². The highest BCUT2D eigenvalue weighted by Crippen LogP contribution is 2.26. The van der Waals surface area contributed by atoms with Gasteiger partial charge in [0.25, 0.3) is 0 Å². The van der Waals surface area contributed by atoms with Gasteiger partial charge in [0.15, 0.2) is 5.96 Å². The van der Waals surface area contributed by atoms with E-state index in [1.54, 1.807) is 24.4 Å². The molecule has 0 saturated carbocycles. The lowest BCUT2D eigenvalue weighted by Crippen LogP contribution is -2.41. The van der Waals surface area contributed by atoms with Crippen LogP contribution in [0, 0.1) is 0 Å². The van der Waals surface area contributed by atoms with Gasteiger partial charge in [0, 0.05) is 18.3 Å². The van der Waals surface area contributed by atoms with Crippen molar-refractivity contribution in [2.75, 3.05) is 25.5 Å². The number of methoxy groups -OCH3 is 1. The van der Waals surface area contributed by atoms with Crippen molar-refractivity contribution in [1.29, 1.82) is 0 Å². The second kappa shape index (κ2) is 13.5. The molecule has 164 valence electrons. The Morgan fingerprint density at radius 3 is 2.70 bits per heavy atom. The summed E-state index contributed by atoms with van der Waals surface area (Å²) >= 11 is 0. The summed E-state index contributed by atoms with van der Waals surface area (Å²) in [5.74, 6) is 0.562. The number of halogens is 3. The van der Waals surface area contributed by atoms with Crippen LogP contribution in [-0.4, -0.2) is 43.7 Å². The predicted octanol–water partition coefficient (Wildman–Crippen LogP) is 3.00. The lowest BCUT2D eigenvalue weighted by atomic mass is 10.2. The fourth-order valence-corrected chi connectivity index (χ4v) is 2.33. The molecule has 2 aromatic rings. The van der Waals surface area contributed by atoms with Crippen LogP contribution in [-0.2, 0) is 11.3 Å². The van der Waals surface area contributed by atoms with Crippen molar-refractivity contribution in [3.8, 4) is 11.5 Å². The molecule has 2 rings (SSSR count). The van der Waals surface area contributed by atoms with Gasteiger partial charge in [-0.15, -0.1) is 24.0 Å². The molecule has 0 radical (unpaired) electrons. The van der Waals surface area contributed by atoms with Crippen molar-refractivity contribution in [2.24, 2.45) is 4.99 Å². The summed E-state index contributed by atoms with van der Waals surface area (Å²) in [6.45, 7) is -0.537. The van der Waals surface area contributed by atoms with Crippen molar-refractivity contribution in [3.05, 3.63) is 48.3 Å². The molecule has 0 aliphatic heterocycles. The molecule has 0 aliphatic rings. The Kier molecular flexibility index (Phi) is 11.4. The highest BCUT2D eigenvalue weighted by Gasteiger charge is 2.11. The number of benzene rings is 1. The molecule has 1 aromatic carbocycles. The van der Waals surface area contributed by atoms with E-state index in [2.05, 4.69) is 30.7 Å². The van der Waals surface area contributed by atoms with Crippen LogP contribution in [0.2, 0.25) is 0 Å². The molecule has 1 heterocycles. The van der Waals surface area contributed by atoms with Gasteiger partial charge >= 0.3 is 6.61 Å². The molecule has 30 heavy (non-hydrogen) atoms. The smallest absolute Gasteiger partial charge is 0.387 e. The van der Waals surface area contributed by atoms with Crippen LogP contribution in [0.5, 0.6) is 11.5 Å². The Bertz CT molecular complexity index is 825. The van der Waals surface area contributed by atoms with E-state index in [1.807, 2.05) is 6.92 Å². The van der Waals surface area contributed by atoms with E-state index < -0.39 is 6.61 Å². The molecule has 1 amide bonds. The molecule has 0 bridgehead atoms. The number of carbonyl (C=O) groups is 1. The van der Waals surface area contributed by atoms with Crippen LogP contribution >= 0.6 is 24.0 Å². The molecular weight excluding hydrogens is 511 g/mol. The number of hydrogen-bond acceptors (Lipinski definition) is 5. The Morgan fingerprint density at radius 1 is 1.27 bits per heavy atom. The van der Waals surface area contributed by atoms with Crippen LogP contribution in [0.15, 0.2) is 47.7 Å². The number of amides is 1. The maximum atomic E-state index is 12.6. The van der Waals surface area contributed by atoms with Crippen LogP contribution in [0.1, 0.15) is 12.5 Å². The minimum absolute atomic E-state index is 0. The highest BCUT2D eigenvalue weighted by atomic mass is 127. The topological polar surface area (TPSA) is 96.9 Å². The monoisotopic (exact) mass is 535 g/mol. The summed E-state index contributed by atoms with van der Waals surface area (Å²) in [4.78, 5) is 20.3. The van der Waals surface area contributed by atoms with Gasteiger partial charge in [-0.1, -0.05) is 0 Å². The number of carbonyl (C=O) groups excluding carboxylic acids is 1. The van der Waals surface area contributed by atoms with E-state index in [0.29, 0.717) is 29.5 Å². The quantitative estimate of drug-likeness (QED) is 0.260. The molecular formula is C19H24F2IN5O3. The molecule has 0 atom stereocenters. The van der Waals surface area contributed by atoms with Crippen LogP contribution in [0.3, 0.4) is 0 Å². The standard InChI is InChI=1S/C19H23F2N5O3.HI/c1-3-23-19(25-12-17(27)26-14-5-4-8-22-11-14)24-10-13-9-15(28-2)6-7-16(13)29-18(20)21;/h4-9,11,18H,3,10,12H2,1-2H3,(H,26,27)(H2,23,24,25);1H. The molecule has 0 saturated heterocycles. The van der Waals surface area contributed by atoms with Crippen LogP contribution in [0.4, 0.5) is 14.5 Å². The summed E-state index contributed by atoms with van der Waals surface area (Å²) in [6.07, 6.45) is 3.14. The van der Waals surface area contributed by atoms with Gasteiger partial charge in [0.1, 0.15) is 11.5 Å². The summed E-state index contributed by atoms with van der Waals surface area (Å²) < 4.78 is 34.9. The Hall–Kier alpha value is -2.70. The lowest BCUT2D eigenvalue weighted by Gasteiger charge is -2.13. The summed E-state index contributed by atoms with van der Waals surface area (Å²) in [6, 6.07) is 7.92. The van der Waals surface area contributed by atoms with Gasteiger partial charge < -0.3 is 25.4 Å². The largest absolute Gasteiger partial charge is 0.497 e. The Balaban J connectivity index is 0.00000450. The predicted molar refractivity (Wildman–Crippen MR) is 121 cm³/mol. The first-order valence-electron chi connectivity index (χ1n) is 8.85. The number of alkyl halides is 2. The van der Waals surface area contributed by atoms with Gasteiger partial charge in [-0.25, -0.2) is 4.99 Å². The van der Waals surface area contributed by atoms with Gasteiger partial charge in [-0.3, -0.25) is 9.78 Å². The molecule has 0 spiro atoms. The zero-order chi connectivity index (χ0) is 21.1. The third kappa shape index (κ3) is 8.76. The number of nitrogens with one attached hydrogen (secondary N) is 3. The van der Waals surface area contributed by atoms with Gasteiger partial charge in [0.05, 0.1) is 32.1 Å². The maximum absolute atomic E-state index is 12.6. The second-order valence-electron chi connectivity index (χ2n) is 5.69. The molecule has 0 aliphatic carbocycles. The Morgan fingerprint density at radius 2 is 2.07 bits per heavy atom. The number of hydrogen-bond donors (Lipinski definition) is 3. The van der Waals surface area contributed by atoms with E-state index in [1.165, 1.54) is 25.4 Å². The second-order valence-corrected chi connectivity index (χ2v) is 5.69. The zero-order valence-electron chi connectivity index (χ0n) is 16.5. The van der Waals surface area contributed by atoms with Crippen molar-refractivity contribution >= 4 is 41.5 Å². The summed E-state index contributed by atoms with van der Waals surface area (Å²) in [5, 5.41) is 8.57. The molecule has 3 N–H and O–H groups in total. The minimum Gasteiger partial charge on any atom is -0.497 e. The van der Waals surface area contributed by atoms with Gasteiger partial charge in [0.2, 0.25) is 5.91 Å². The number of pyridine rings is 1. The first kappa shape index (κ1) is 25.3. The maximum Gasteiger partial charge on any atom is 0.387 e. The molecule has 0 fully saturated rings. The lowest BCUT2D eigenvalue weighted by molar-refractivity contribution is -0.115. The zero-order valence-corrected chi connectivity index (χ0v) is 18.9. The van der Waals surface area contributed by atoms with E-state index in [4.69, 9.17) is 4.74 Å². The molecule has 8 nitrogen and oxygen atoms in total. The normalized spacial score (nSPS) is 10.8. The fourth-order valence-electron chi connectivity index (χ4n) is 2.33. The number of anilines is 1. The van der Waals surface area contributed by atoms with Crippen LogP contribution in [0.25, 0.3) is 0 Å². The average Bonchev–Trinajstić information content (AvgIpc) is 2.71. The van der Waals surface area contributed by atoms with E-state index >= 15 is 0 Å². The number of guanidine groups is 1. The number of aromatic nitrogens is 1. The molecule has 0 unspecified atom stereocenters. The first-order chi connectivity index (χ1) is 14.0. The van der Waals surface area contributed by atoms with Crippen LogP contribution < -0.4 is 25.4 Å².